The van der Waals surface area contributed by atoms with E-state index >= 15 is 0 Å². The number of hydrogen-bond acceptors (Lipinski definition) is 7. The second-order valence-corrected chi connectivity index (χ2v) is 9.61. The zero-order chi connectivity index (χ0) is 19.9. The van der Waals surface area contributed by atoms with Crippen molar-refractivity contribution in [1.82, 2.24) is 10.3 Å². The lowest BCUT2D eigenvalue weighted by Gasteiger charge is -2.35. The van der Waals surface area contributed by atoms with Crippen LogP contribution in [0.5, 0.6) is 5.75 Å². The Labute approximate surface area is 169 Å². The van der Waals surface area contributed by atoms with E-state index in [9.17, 15) is 4.79 Å². The van der Waals surface area contributed by atoms with Crippen molar-refractivity contribution in [3.63, 3.8) is 0 Å². The molecule has 2 aromatic rings. The topological polar surface area (TPSA) is 98.5 Å². The fraction of sp³-hybridized carbons (Fsp3) is 0.600. The maximum absolute atomic E-state index is 12.1. The molecule has 1 amide bonds. The van der Waals surface area contributed by atoms with Gasteiger partial charge in [-0.2, -0.15) is 0 Å². The summed E-state index contributed by atoms with van der Waals surface area (Å²) in [6.07, 6.45) is 2.97. The Kier molecular flexibility index (Phi) is 5.09. The summed E-state index contributed by atoms with van der Waals surface area (Å²) in [4.78, 5) is 16.9. The van der Waals surface area contributed by atoms with Gasteiger partial charge in [0.1, 0.15) is 11.4 Å². The zero-order valence-electron chi connectivity index (χ0n) is 16.6. The SMILES string of the molecule is CC(C)(C)OC(=O)N[C@@H]1CC[C@H](N)[C@H](Nc2nc3c4c(ccc3s2)OCC4)C1. The average molecular weight is 405 g/mol. The number of ether oxygens (including phenoxy) is 2. The number of hydrogen-bond donors (Lipinski definition) is 3. The molecule has 28 heavy (non-hydrogen) atoms. The van der Waals surface area contributed by atoms with Gasteiger partial charge in [0.15, 0.2) is 5.13 Å². The molecule has 1 fully saturated rings. The van der Waals surface area contributed by atoms with Crippen LogP contribution in [0.4, 0.5) is 9.93 Å². The maximum Gasteiger partial charge on any atom is 0.407 e. The van der Waals surface area contributed by atoms with Gasteiger partial charge in [-0.1, -0.05) is 11.3 Å². The van der Waals surface area contributed by atoms with Crippen LogP contribution in [-0.4, -0.2) is 41.4 Å². The molecule has 2 heterocycles. The molecule has 3 atom stereocenters. The van der Waals surface area contributed by atoms with E-state index in [2.05, 4.69) is 16.7 Å². The average Bonchev–Trinajstić information content (AvgIpc) is 3.21. The van der Waals surface area contributed by atoms with Gasteiger partial charge in [0, 0.05) is 30.1 Å². The lowest BCUT2D eigenvalue weighted by Crippen LogP contribution is -2.51. The number of benzene rings is 1. The van der Waals surface area contributed by atoms with E-state index in [0.717, 1.165) is 53.4 Å². The Morgan fingerprint density at radius 3 is 2.96 bits per heavy atom. The van der Waals surface area contributed by atoms with Crippen LogP contribution in [0.3, 0.4) is 0 Å². The number of carbonyl (C=O) groups is 1. The van der Waals surface area contributed by atoms with Gasteiger partial charge in [-0.15, -0.1) is 0 Å². The summed E-state index contributed by atoms with van der Waals surface area (Å²) in [5, 5.41) is 7.36. The molecule has 1 aliphatic heterocycles. The molecular weight excluding hydrogens is 376 g/mol. The molecular formula is C20H28N4O3S. The van der Waals surface area contributed by atoms with E-state index in [-0.39, 0.29) is 24.2 Å². The molecule has 0 unspecified atom stereocenters. The Morgan fingerprint density at radius 1 is 1.36 bits per heavy atom. The molecule has 8 heteroatoms. The first kappa shape index (κ1) is 19.3. The highest BCUT2D eigenvalue weighted by Gasteiger charge is 2.31. The monoisotopic (exact) mass is 404 g/mol. The van der Waals surface area contributed by atoms with Crippen LogP contribution >= 0.6 is 11.3 Å². The standard InChI is InChI=1S/C20H28N4O3S/c1-20(2,3)27-19(25)22-11-4-5-13(21)14(10-11)23-18-24-17-12-8-9-26-15(12)6-7-16(17)28-18/h6-7,11,13-14H,4-5,8-10,21H2,1-3H3,(H,22,25)(H,23,24)/t11-,13+,14-/m1/s1. The van der Waals surface area contributed by atoms with E-state index in [0.29, 0.717) is 0 Å². The molecule has 1 aromatic carbocycles. The van der Waals surface area contributed by atoms with Crippen molar-refractivity contribution >= 4 is 32.8 Å². The van der Waals surface area contributed by atoms with Crippen LogP contribution in [0.1, 0.15) is 45.6 Å². The largest absolute Gasteiger partial charge is 0.493 e. The van der Waals surface area contributed by atoms with Crippen LogP contribution in [0.25, 0.3) is 10.2 Å². The summed E-state index contributed by atoms with van der Waals surface area (Å²) < 4.78 is 12.2. The summed E-state index contributed by atoms with van der Waals surface area (Å²) in [6, 6.07) is 4.21. The third kappa shape index (κ3) is 4.17. The summed E-state index contributed by atoms with van der Waals surface area (Å²) >= 11 is 1.64. The molecule has 152 valence electrons. The molecule has 2 aliphatic rings. The minimum Gasteiger partial charge on any atom is -0.493 e. The Hall–Kier alpha value is -2.06. The molecule has 0 saturated heterocycles. The van der Waals surface area contributed by atoms with Crippen molar-refractivity contribution in [2.75, 3.05) is 11.9 Å². The minimum atomic E-state index is -0.502. The van der Waals surface area contributed by atoms with Crippen molar-refractivity contribution in [2.45, 2.75) is 70.2 Å². The number of fused-ring (bicyclic) bond motifs is 3. The number of aromatic nitrogens is 1. The number of anilines is 1. The van der Waals surface area contributed by atoms with Crippen molar-refractivity contribution in [2.24, 2.45) is 5.73 Å². The number of rotatable bonds is 3. The molecule has 4 N–H and O–H groups in total. The number of nitrogens with zero attached hydrogens (tertiary/aromatic N) is 1. The lowest BCUT2D eigenvalue weighted by atomic mass is 9.87. The fourth-order valence-corrected chi connectivity index (χ4v) is 4.81. The Morgan fingerprint density at radius 2 is 2.18 bits per heavy atom. The minimum absolute atomic E-state index is 0.0257. The molecule has 0 radical (unpaired) electrons. The van der Waals surface area contributed by atoms with Gasteiger partial charge >= 0.3 is 6.09 Å². The normalized spacial score (nSPS) is 24.5. The van der Waals surface area contributed by atoms with E-state index in [1.807, 2.05) is 26.8 Å². The highest BCUT2D eigenvalue weighted by molar-refractivity contribution is 7.22. The molecule has 1 saturated carbocycles. The summed E-state index contributed by atoms with van der Waals surface area (Å²) in [5.74, 6) is 0.945. The number of thiazole rings is 1. The van der Waals surface area contributed by atoms with Gasteiger partial charge in [0.05, 0.1) is 16.8 Å². The van der Waals surface area contributed by atoms with Gasteiger partial charge in [-0.3, -0.25) is 0 Å². The highest BCUT2D eigenvalue weighted by atomic mass is 32.1. The highest BCUT2D eigenvalue weighted by Crippen LogP contribution is 2.37. The van der Waals surface area contributed by atoms with Gasteiger partial charge in [0.25, 0.3) is 0 Å². The van der Waals surface area contributed by atoms with Gasteiger partial charge in [-0.05, 0) is 52.2 Å². The first-order chi connectivity index (χ1) is 13.3. The summed E-state index contributed by atoms with van der Waals surface area (Å²) in [7, 11) is 0. The predicted molar refractivity (Wildman–Crippen MR) is 111 cm³/mol. The van der Waals surface area contributed by atoms with E-state index < -0.39 is 5.60 Å². The first-order valence-electron chi connectivity index (χ1n) is 9.85. The number of carbonyl (C=O) groups excluding carboxylic acids is 1. The van der Waals surface area contributed by atoms with E-state index in [1.165, 1.54) is 5.56 Å². The van der Waals surface area contributed by atoms with Crippen molar-refractivity contribution in [3.05, 3.63) is 17.7 Å². The van der Waals surface area contributed by atoms with Gasteiger partial charge in [0.2, 0.25) is 0 Å². The van der Waals surface area contributed by atoms with Crippen molar-refractivity contribution in [1.29, 1.82) is 0 Å². The second-order valence-electron chi connectivity index (χ2n) is 8.58. The van der Waals surface area contributed by atoms with Crippen LogP contribution < -0.4 is 21.1 Å². The second kappa shape index (κ2) is 7.40. The summed E-state index contributed by atoms with van der Waals surface area (Å²) in [5.41, 5.74) is 8.07. The van der Waals surface area contributed by atoms with E-state index in [1.54, 1.807) is 11.3 Å². The molecule has 4 rings (SSSR count). The van der Waals surface area contributed by atoms with Crippen molar-refractivity contribution in [3.8, 4) is 5.75 Å². The third-order valence-corrected chi connectivity index (χ3v) is 6.12. The smallest absolute Gasteiger partial charge is 0.407 e. The van der Waals surface area contributed by atoms with Gasteiger partial charge < -0.3 is 25.8 Å². The van der Waals surface area contributed by atoms with Crippen LogP contribution in [-0.2, 0) is 11.2 Å². The Bertz CT molecular complexity index is 876. The van der Waals surface area contributed by atoms with Crippen LogP contribution in [0, 0.1) is 0 Å². The zero-order valence-corrected chi connectivity index (χ0v) is 17.4. The maximum atomic E-state index is 12.1. The molecule has 0 bridgehead atoms. The molecule has 1 aromatic heterocycles. The number of nitrogens with one attached hydrogen (secondary N) is 2. The lowest BCUT2D eigenvalue weighted by molar-refractivity contribution is 0.0489. The molecule has 1 aliphatic carbocycles. The Balaban J connectivity index is 1.43. The molecule has 7 nitrogen and oxygen atoms in total. The third-order valence-electron chi connectivity index (χ3n) is 5.17. The first-order valence-corrected chi connectivity index (χ1v) is 10.7. The quantitative estimate of drug-likeness (QED) is 0.725. The summed E-state index contributed by atoms with van der Waals surface area (Å²) in [6.45, 7) is 6.31. The van der Waals surface area contributed by atoms with Gasteiger partial charge in [-0.25, -0.2) is 9.78 Å². The number of amides is 1. The van der Waals surface area contributed by atoms with E-state index in [4.69, 9.17) is 20.2 Å². The van der Waals surface area contributed by atoms with Crippen LogP contribution in [0.2, 0.25) is 0 Å². The number of nitrogens with two attached hydrogens (primary N) is 1. The predicted octanol–water partition coefficient (Wildman–Crippen LogP) is 3.42. The fourth-order valence-electron chi connectivity index (χ4n) is 3.86. The van der Waals surface area contributed by atoms with Crippen LogP contribution in [0.15, 0.2) is 12.1 Å². The number of alkyl carbamates (subject to hydrolysis) is 1. The molecule has 0 spiro atoms. The van der Waals surface area contributed by atoms with Crippen molar-refractivity contribution < 1.29 is 14.3 Å².